The number of methoxy groups -OCH3 is 4. The molecule has 0 aliphatic heterocycles. The van der Waals surface area contributed by atoms with E-state index in [1.807, 2.05) is 0 Å². The van der Waals surface area contributed by atoms with Crippen molar-refractivity contribution in [2.75, 3.05) is 28.4 Å². The van der Waals surface area contributed by atoms with Gasteiger partial charge in [0, 0.05) is 0 Å². The Morgan fingerprint density at radius 2 is 1.16 bits per heavy atom. The largest absolute Gasteiger partial charge is 0.541 e. The van der Waals surface area contributed by atoms with Crippen molar-refractivity contribution in [3.63, 3.8) is 0 Å². The molecule has 7 nitrogen and oxygen atoms in total. The molecule has 0 spiro atoms. The van der Waals surface area contributed by atoms with Crippen molar-refractivity contribution >= 4 is 8.32 Å². The minimum absolute atomic E-state index is 0.0116. The molecule has 0 aromatic heterocycles. The first-order valence-electron chi connectivity index (χ1n) is 10.4. The fraction of sp³-hybridized carbons (Fsp3) is 0.500. The first-order chi connectivity index (χ1) is 14.9. The lowest BCUT2D eigenvalue weighted by atomic mass is 9.97. The average Bonchev–Trinajstić information content (AvgIpc) is 2.75. The summed E-state index contributed by atoms with van der Waals surface area (Å²) in [5.41, 5.74) is 0.926. The molecule has 0 aliphatic carbocycles. The molecule has 0 bridgehead atoms. The molecule has 2 N–H and O–H groups in total. The van der Waals surface area contributed by atoms with Crippen LogP contribution in [0.2, 0.25) is 18.1 Å². The highest BCUT2D eigenvalue weighted by Crippen LogP contribution is 2.44. The SMILES string of the molecule is COc1ccc([C@H](O)[C@@H](O)c2cc(OC)c(OC)c(OC)c2)cc1O[Si](C)(C)C(C)(C)C. The van der Waals surface area contributed by atoms with E-state index < -0.39 is 20.5 Å². The van der Waals surface area contributed by atoms with Crippen molar-refractivity contribution in [2.45, 2.75) is 51.1 Å². The summed E-state index contributed by atoms with van der Waals surface area (Å²) in [4.78, 5) is 0. The fourth-order valence-corrected chi connectivity index (χ4v) is 4.04. The first-order valence-corrected chi connectivity index (χ1v) is 13.3. The molecule has 0 saturated heterocycles. The Hall–Kier alpha value is -2.42. The van der Waals surface area contributed by atoms with Crippen molar-refractivity contribution in [3.05, 3.63) is 41.5 Å². The maximum absolute atomic E-state index is 11.0. The molecule has 0 fully saturated rings. The predicted octanol–water partition coefficient (Wildman–Crippen LogP) is 4.87. The number of aliphatic hydroxyl groups is 2. The van der Waals surface area contributed by atoms with Crippen LogP contribution < -0.4 is 23.4 Å². The second-order valence-corrected chi connectivity index (χ2v) is 13.8. The Labute approximate surface area is 192 Å². The molecule has 0 saturated carbocycles. The van der Waals surface area contributed by atoms with Crippen molar-refractivity contribution in [1.82, 2.24) is 0 Å². The Balaban J connectivity index is 2.44. The maximum Gasteiger partial charge on any atom is 0.250 e. The van der Waals surface area contributed by atoms with E-state index in [1.165, 1.54) is 21.3 Å². The zero-order valence-corrected chi connectivity index (χ0v) is 21.5. The Bertz CT molecular complexity index is 896. The van der Waals surface area contributed by atoms with Gasteiger partial charge in [-0.25, -0.2) is 0 Å². The Kier molecular flexibility index (Phi) is 8.09. The van der Waals surface area contributed by atoms with Crippen molar-refractivity contribution in [3.8, 4) is 28.7 Å². The number of benzene rings is 2. The predicted molar refractivity (Wildman–Crippen MR) is 127 cm³/mol. The van der Waals surface area contributed by atoms with Crippen molar-refractivity contribution < 1.29 is 33.6 Å². The summed E-state index contributed by atoms with van der Waals surface area (Å²) >= 11 is 0. The smallest absolute Gasteiger partial charge is 0.250 e. The van der Waals surface area contributed by atoms with Crippen molar-refractivity contribution in [1.29, 1.82) is 0 Å². The molecular weight excluding hydrogens is 428 g/mol. The van der Waals surface area contributed by atoms with Crippen LogP contribution in [0.4, 0.5) is 0 Å². The fourth-order valence-electron chi connectivity index (χ4n) is 3.02. The molecule has 2 aromatic carbocycles. The molecule has 0 radical (unpaired) electrons. The molecule has 0 aliphatic rings. The zero-order chi connectivity index (χ0) is 24.3. The Morgan fingerprint density at radius 1 is 0.688 bits per heavy atom. The molecule has 2 atom stereocenters. The lowest BCUT2D eigenvalue weighted by Gasteiger charge is -2.37. The monoisotopic (exact) mass is 464 g/mol. The van der Waals surface area contributed by atoms with Crippen LogP contribution in [0.25, 0.3) is 0 Å². The maximum atomic E-state index is 11.0. The van der Waals surface area contributed by atoms with E-state index in [1.54, 1.807) is 37.4 Å². The van der Waals surface area contributed by atoms with E-state index in [0.29, 0.717) is 39.9 Å². The van der Waals surface area contributed by atoms with Gasteiger partial charge in [-0.1, -0.05) is 26.8 Å². The lowest BCUT2D eigenvalue weighted by molar-refractivity contribution is 0.0169. The highest BCUT2D eigenvalue weighted by molar-refractivity contribution is 6.74. The second kappa shape index (κ2) is 10.0. The normalized spacial score (nSPS) is 13.8. The van der Waals surface area contributed by atoms with Gasteiger partial charge in [-0.05, 0) is 53.5 Å². The van der Waals surface area contributed by atoms with Crippen LogP contribution in [-0.2, 0) is 0 Å². The summed E-state index contributed by atoms with van der Waals surface area (Å²) in [5.74, 6) is 2.32. The molecule has 32 heavy (non-hydrogen) atoms. The van der Waals surface area contributed by atoms with Gasteiger partial charge >= 0.3 is 0 Å². The number of ether oxygens (including phenoxy) is 4. The van der Waals surface area contributed by atoms with Gasteiger partial charge < -0.3 is 33.6 Å². The number of rotatable bonds is 9. The van der Waals surface area contributed by atoms with Gasteiger partial charge in [0.05, 0.1) is 28.4 Å². The van der Waals surface area contributed by atoms with Crippen LogP contribution in [0.5, 0.6) is 28.7 Å². The van der Waals surface area contributed by atoms with Crippen molar-refractivity contribution in [2.24, 2.45) is 0 Å². The van der Waals surface area contributed by atoms with Crippen LogP contribution >= 0.6 is 0 Å². The number of hydrogen-bond donors (Lipinski definition) is 2. The third kappa shape index (κ3) is 5.31. The van der Waals surface area contributed by atoms with Crippen LogP contribution in [0, 0.1) is 0 Å². The molecular formula is C24H36O7Si. The van der Waals surface area contributed by atoms with Gasteiger partial charge in [-0.15, -0.1) is 0 Å². The number of hydrogen-bond acceptors (Lipinski definition) is 7. The highest BCUT2D eigenvalue weighted by Gasteiger charge is 2.39. The topological polar surface area (TPSA) is 86.6 Å². The van der Waals surface area contributed by atoms with Gasteiger partial charge in [0.2, 0.25) is 5.75 Å². The highest BCUT2D eigenvalue weighted by atomic mass is 28.4. The molecule has 2 rings (SSSR count). The van der Waals surface area contributed by atoms with E-state index >= 15 is 0 Å². The van der Waals surface area contributed by atoms with E-state index in [9.17, 15) is 10.2 Å². The molecule has 0 amide bonds. The summed E-state index contributed by atoms with van der Waals surface area (Å²) < 4.78 is 28.0. The van der Waals surface area contributed by atoms with Gasteiger partial charge in [0.1, 0.15) is 18.0 Å². The lowest BCUT2D eigenvalue weighted by Crippen LogP contribution is -2.44. The minimum atomic E-state index is -2.15. The van der Waals surface area contributed by atoms with Gasteiger partial charge in [0.15, 0.2) is 17.2 Å². The minimum Gasteiger partial charge on any atom is -0.541 e. The molecule has 0 unspecified atom stereocenters. The zero-order valence-electron chi connectivity index (χ0n) is 20.5. The quantitative estimate of drug-likeness (QED) is 0.512. The van der Waals surface area contributed by atoms with E-state index in [2.05, 4.69) is 33.9 Å². The summed E-state index contributed by atoms with van der Waals surface area (Å²) in [6.45, 7) is 10.7. The molecule has 178 valence electrons. The summed E-state index contributed by atoms with van der Waals surface area (Å²) in [7, 11) is 3.93. The van der Waals surface area contributed by atoms with Gasteiger partial charge in [-0.2, -0.15) is 0 Å². The standard InChI is InChI=1S/C24H36O7Si/c1-24(2,3)32(8,9)31-18-12-15(10-11-17(18)27-4)21(25)22(26)16-13-19(28-5)23(30-7)20(14-16)29-6/h10-14,21-22,25-26H,1-9H3/t21-,22-/m0/s1. The first kappa shape index (κ1) is 25.8. The van der Waals surface area contributed by atoms with Crippen LogP contribution in [0.3, 0.4) is 0 Å². The molecule has 2 aromatic rings. The second-order valence-electron chi connectivity index (χ2n) is 9.12. The van der Waals surface area contributed by atoms with E-state index in [-0.39, 0.29) is 5.04 Å². The molecule has 8 heteroatoms. The Morgan fingerprint density at radius 3 is 1.59 bits per heavy atom. The summed E-state index contributed by atoms with van der Waals surface area (Å²) in [6, 6.07) is 8.41. The average molecular weight is 465 g/mol. The summed E-state index contributed by atoms with van der Waals surface area (Å²) in [5, 5.41) is 21.9. The molecule has 0 heterocycles. The van der Waals surface area contributed by atoms with Crippen LogP contribution in [0.15, 0.2) is 30.3 Å². The third-order valence-electron chi connectivity index (χ3n) is 6.03. The van der Waals surface area contributed by atoms with E-state index in [4.69, 9.17) is 23.4 Å². The van der Waals surface area contributed by atoms with E-state index in [0.717, 1.165) is 0 Å². The van der Waals surface area contributed by atoms with Crippen LogP contribution in [0.1, 0.15) is 44.1 Å². The van der Waals surface area contributed by atoms with Gasteiger partial charge in [0.25, 0.3) is 8.32 Å². The number of aliphatic hydroxyl groups excluding tert-OH is 2. The van der Waals surface area contributed by atoms with Crippen LogP contribution in [-0.4, -0.2) is 47.0 Å². The summed E-state index contributed by atoms with van der Waals surface area (Å²) in [6.07, 6.45) is -2.46. The van der Waals surface area contributed by atoms with Gasteiger partial charge in [-0.3, -0.25) is 0 Å². The third-order valence-corrected chi connectivity index (χ3v) is 10.4.